The highest BCUT2D eigenvalue weighted by Gasteiger charge is 2.47. The van der Waals surface area contributed by atoms with Crippen molar-refractivity contribution in [2.45, 2.75) is 57.9 Å². The molecule has 1 saturated carbocycles. The zero-order valence-corrected chi connectivity index (χ0v) is 13.6. The van der Waals surface area contributed by atoms with Crippen LogP contribution >= 0.6 is 0 Å². The summed E-state index contributed by atoms with van der Waals surface area (Å²) in [6.45, 7) is 3.35. The van der Waals surface area contributed by atoms with E-state index in [1.165, 1.54) is 6.92 Å². The standard InChI is InChI=1S/C15H22FN5O2/c1-11(22)19(2)9-12-17-18-13-10-20(7-4-8-21(12)13)14(23)15(16)5-3-6-15/h3-10H2,1-2H3. The van der Waals surface area contributed by atoms with Crippen LogP contribution in [0.4, 0.5) is 4.39 Å². The van der Waals surface area contributed by atoms with Gasteiger partial charge in [0, 0.05) is 27.1 Å². The lowest BCUT2D eigenvalue weighted by molar-refractivity contribution is -0.150. The molecule has 2 heterocycles. The van der Waals surface area contributed by atoms with Crippen molar-refractivity contribution >= 4 is 11.8 Å². The van der Waals surface area contributed by atoms with E-state index >= 15 is 0 Å². The number of rotatable bonds is 3. The van der Waals surface area contributed by atoms with Gasteiger partial charge in [-0.2, -0.15) is 0 Å². The van der Waals surface area contributed by atoms with Gasteiger partial charge >= 0.3 is 0 Å². The quantitative estimate of drug-likeness (QED) is 0.828. The number of alkyl halides is 1. The van der Waals surface area contributed by atoms with Gasteiger partial charge in [-0.25, -0.2) is 4.39 Å². The van der Waals surface area contributed by atoms with Crippen molar-refractivity contribution in [1.29, 1.82) is 0 Å². The maximum Gasteiger partial charge on any atom is 0.260 e. The van der Waals surface area contributed by atoms with Crippen LogP contribution in [0.5, 0.6) is 0 Å². The molecule has 23 heavy (non-hydrogen) atoms. The van der Waals surface area contributed by atoms with E-state index in [9.17, 15) is 14.0 Å². The summed E-state index contributed by atoms with van der Waals surface area (Å²) in [6, 6.07) is 0. The van der Waals surface area contributed by atoms with Crippen LogP contribution in [0.15, 0.2) is 0 Å². The van der Waals surface area contributed by atoms with Crippen LogP contribution in [-0.4, -0.2) is 55.6 Å². The van der Waals surface area contributed by atoms with Gasteiger partial charge < -0.3 is 14.4 Å². The SMILES string of the molecule is CC(=O)N(C)Cc1nnc2n1CCCN(C(=O)C1(F)CCC1)C2. The highest BCUT2D eigenvalue weighted by atomic mass is 19.1. The molecule has 1 aliphatic heterocycles. The Balaban J connectivity index is 1.75. The Hall–Kier alpha value is -1.99. The van der Waals surface area contributed by atoms with Gasteiger partial charge in [0.05, 0.1) is 13.1 Å². The predicted octanol–water partition coefficient (Wildman–Crippen LogP) is 0.881. The van der Waals surface area contributed by atoms with E-state index in [4.69, 9.17) is 0 Å². The molecule has 0 atom stereocenters. The Morgan fingerprint density at radius 2 is 2.00 bits per heavy atom. The lowest BCUT2D eigenvalue weighted by atomic mass is 9.81. The lowest BCUT2D eigenvalue weighted by Gasteiger charge is -2.36. The molecule has 126 valence electrons. The molecule has 0 N–H and O–H groups in total. The van der Waals surface area contributed by atoms with Gasteiger partial charge in [-0.3, -0.25) is 9.59 Å². The van der Waals surface area contributed by atoms with Crippen molar-refractivity contribution in [3.8, 4) is 0 Å². The van der Waals surface area contributed by atoms with Crippen LogP contribution in [0.1, 0.15) is 44.3 Å². The first-order valence-corrected chi connectivity index (χ1v) is 8.02. The first-order chi connectivity index (χ1) is 10.9. The minimum Gasteiger partial charge on any atom is -0.338 e. The molecule has 0 saturated heterocycles. The molecule has 2 aliphatic rings. The summed E-state index contributed by atoms with van der Waals surface area (Å²) in [5.41, 5.74) is -1.67. The van der Waals surface area contributed by atoms with E-state index in [0.717, 1.165) is 12.8 Å². The van der Waals surface area contributed by atoms with Crippen molar-refractivity contribution < 1.29 is 14.0 Å². The summed E-state index contributed by atoms with van der Waals surface area (Å²) in [5.74, 6) is 0.899. The number of carbonyl (C=O) groups excluding carboxylic acids is 2. The molecule has 1 fully saturated rings. The van der Waals surface area contributed by atoms with Gasteiger partial charge in [0.2, 0.25) is 5.91 Å². The first-order valence-electron chi connectivity index (χ1n) is 8.02. The molecular weight excluding hydrogens is 301 g/mol. The highest BCUT2D eigenvalue weighted by Crippen LogP contribution is 2.38. The van der Waals surface area contributed by atoms with E-state index in [2.05, 4.69) is 10.2 Å². The average Bonchev–Trinajstić information content (AvgIpc) is 2.72. The fourth-order valence-corrected chi connectivity index (χ4v) is 3.02. The Labute approximate surface area is 134 Å². The van der Waals surface area contributed by atoms with Gasteiger partial charge in [0.15, 0.2) is 17.3 Å². The highest BCUT2D eigenvalue weighted by molar-refractivity contribution is 5.86. The van der Waals surface area contributed by atoms with Crippen LogP contribution in [0.2, 0.25) is 0 Å². The Morgan fingerprint density at radius 3 is 2.61 bits per heavy atom. The van der Waals surface area contributed by atoms with E-state index in [-0.39, 0.29) is 12.5 Å². The van der Waals surface area contributed by atoms with Crippen molar-refractivity contribution in [3.63, 3.8) is 0 Å². The topological polar surface area (TPSA) is 71.3 Å². The molecule has 0 spiro atoms. The largest absolute Gasteiger partial charge is 0.338 e. The number of amides is 2. The number of carbonyl (C=O) groups is 2. The summed E-state index contributed by atoms with van der Waals surface area (Å²) >= 11 is 0. The van der Waals surface area contributed by atoms with Crippen LogP contribution in [0.25, 0.3) is 0 Å². The monoisotopic (exact) mass is 323 g/mol. The molecule has 1 aromatic rings. The second-order valence-electron chi connectivity index (χ2n) is 6.46. The van der Waals surface area contributed by atoms with Crippen LogP contribution in [-0.2, 0) is 29.2 Å². The van der Waals surface area contributed by atoms with Gasteiger partial charge in [0.1, 0.15) is 0 Å². The fraction of sp³-hybridized carbons (Fsp3) is 0.733. The van der Waals surface area contributed by atoms with Crippen LogP contribution in [0, 0.1) is 0 Å². The van der Waals surface area contributed by atoms with Gasteiger partial charge in [-0.1, -0.05) is 0 Å². The van der Waals surface area contributed by atoms with E-state index < -0.39 is 11.6 Å². The molecule has 0 unspecified atom stereocenters. The molecule has 0 radical (unpaired) electrons. The Kier molecular flexibility index (Phi) is 4.08. The Bertz CT molecular complexity index is 625. The molecule has 1 aromatic heterocycles. The predicted molar refractivity (Wildman–Crippen MR) is 79.9 cm³/mol. The summed E-state index contributed by atoms with van der Waals surface area (Å²) in [5, 5.41) is 8.29. The summed E-state index contributed by atoms with van der Waals surface area (Å²) in [4.78, 5) is 26.9. The van der Waals surface area contributed by atoms with Crippen molar-refractivity contribution in [1.82, 2.24) is 24.6 Å². The Morgan fingerprint density at radius 1 is 1.26 bits per heavy atom. The molecule has 8 heteroatoms. The number of hydrogen-bond acceptors (Lipinski definition) is 4. The summed E-state index contributed by atoms with van der Waals surface area (Å²) in [6.07, 6.45) is 2.14. The molecule has 2 amide bonds. The van der Waals surface area contributed by atoms with Crippen molar-refractivity contribution in [2.75, 3.05) is 13.6 Å². The average molecular weight is 323 g/mol. The van der Waals surface area contributed by atoms with Crippen molar-refractivity contribution in [2.24, 2.45) is 0 Å². The zero-order valence-electron chi connectivity index (χ0n) is 13.6. The maximum absolute atomic E-state index is 14.4. The summed E-state index contributed by atoms with van der Waals surface area (Å²) in [7, 11) is 1.71. The first kappa shape index (κ1) is 15.9. The number of halogens is 1. The molecule has 1 aliphatic carbocycles. The zero-order chi connectivity index (χ0) is 16.6. The normalized spacial score (nSPS) is 19.5. The van der Waals surface area contributed by atoms with E-state index in [1.807, 2.05) is 4.57 Å². The second-order valence-corrected chi connectivity index (χ2v) is 6.46. The number of hydrogen-bond donors (Lipinski definition) is 0. The van der Waals surface area contributed by atoms with Crippen LogP contribution < -0.4 is 0 Å². The van der Waals surface area contributed by atoms with E-state index in [1.54, 1.807) is 16.8 Å². The molecular formula is C15H22FN5O2. The lowest BCUT2D eigenvalue weighted by Crippen LogP contribution is -2.50. The fourth-order valence-electron chi connectivity index (χ4n) is 3.02. The maximum atomic E-state index is 14.4. The molecule has 7 nitrogen and oxygen atoms in total. The number of aromatic nitrogens is 3. The number of fused-ring (bicyclic) bond motifs is 1. The van der Waals surface area contributed by atoms with Gasteiger partial charge in [-0.15, -0.1) is 10.2 Å². The molecule has 3 rings (SSSR count). The van der Waals surface area contributed by atoms with Crippen LogP contribution in [0.3, 0.4) is 0 Å². The van der Waals surface area contributed by atoms with E-state index in [0.29, 0.717) is 44.1 Å². The molecule has 0 bridgehead atoms. The van der Waals surface area contributed by atoms with Gasteiger partial charge in [-0.05, 0) is 25.7 Å². The third-order valence-electron chi connectivity index (χ3n) is 4.78. The smallest absolute Gasteiger partial charge is 0.260 e. The third-order valence-corrected chi connectivity index (χ3v) is 4.78. The third kappa shape index (κ3) is 2.94. The van der Waals surface area contributed by atoms with Gasteiger partial charge in [0.25, 0.3) is 5.91 Å². The summed E-state index contributed by atoms with van der Waals surface area (Å²) < 4.78 is 16.3. The number of nitrogens with zero attached hydrogens (tertiary/aromatic N) is 5. The molecule has 0 aromatic carbocycles. The minimum absolute atomic E-state index is 0.0443. The minimum atomic E-state index is -1.67. The van der Waals surface area contributed by atoms with Crippen molar-refractivity contribution in [3.05, 3.63) is 11.6 Å². The second kappa shape index (κ2) is 5.90.